The first-order valence-corrected chi connectivity index (χ1v) is 11.2. The Morgan fingerprint density at radius 3 is 2.24 bits per heavy atom. The molecule has 0 aliphatic heterocycles. The number of rotatable bonds is 5. The van der Waals surface area contributed by atoms with Gasteiger partial charge in [0.2, 0.25) is 10.0 Å². The minimum atomic E-state index is -3.80. The zero-order valence-corrected chi connectivity index (χ0v) is 18.5. The van der Waals surface area contributed by atoms with Crippen molar-refractivity contribution < 1.29 is 13.2 Å². The third kappa shape index (κ3) is 3.98. The van der Waals surface area contributed by atoms with Crippen LogP contribution in [0.15, 0.2) is 47.4 Å². The molecule has 1 heterocycles. The maximum atomic E-state index is 12.8. The van der Waals surface area contributed by atoms with E-state index < -0.39 is 10.0 Å². The first-order chi connectivity index (χ1) is 13.6. The van der Waals surface area contributed by atoms with Gasteiger partial charge in [0.15, 0.2) is 5.78 Å². The quantitative estimate of drug-likeness (QED) is 0.541. The second kappa shape index (κ2) is 7.95. The van der Waals surface area contributed by atoms with Crippen LogP contribution in [0, 0.1) is 6.92 Å². The Morgan fingerprint density at radius 1 is 1.10 bits per heavy atom. The van der Waals surface area contributed by atoms with Gasteiger partial charge in [-0.05, 0) is 48.4 Å². The molecular formula is C21H20Cl2N2O3S. The number of hydrogen-bond acceptors (Lipinski definition) is 3. The highest BCUT2D eigenvalue weighted by Crippen LogP contribution is 2.40. The number of carbonyl (C=O) groups is 1. The first kappa shape index (κ1) is 21.6. The van der Waals surface area contributed by atoms with E-state index in [1.807, 2.05) is 24.6 Å². The minimum Gasteiger partial charge on any atom is -0.340 e. The maximum Gasteiger partial charge on any atom is 0.238 e. The van der Waals surface area contributed by atoms with Gasteiger partial charge in [-0.2, -0.15) is 0 Å². The van der Waals surface area contributed by atoms with Crippen molar-refractivity contribution in [1.29, 1.82) is 0 Å². The monoisotopic (exact) mass is 450 g/mol. The Bertz CT molecular complexity index is 1210. The summed E-state index contributed by atoms with van der Waals surface area (Å²) in [5, 5.41) is 6.20. The molecule has 0 aliphatic carbocycles. The molecule has 3 aromatic rings. The van der Waals surface area contributed by atoms with Crippen molar-refractivity contribution in [3.63, 3.8) is 0 Å². The van der Waals surface area contributed by atoms with Gasteiger partial charge in [-0.15, -0.1) is 0 Å². The van der Waals surface area contributed by atoms with Gasteiger partial charge in [0.25, 0.3) is 0 Å². The second-order valence-corrected chi connectivity index (χ2v) is 9.13. The lowest BCUT2D eigenvalue weighted by Crippen LogP contribution is -2.11. The number of halogens is 2. The molecule has 1 aromatic heterocycles. The number of Topliss-reactive ketones (excluding diaryl/α,β-unsaturated/α-hetero) is 1. The number of carbonyl (C=O) groups excluding carboxylic acids is 1. The summed E-state index contributed by atoms with van der Waals surface area (Å²) >= 11 is 12.5. The SMILES string of the molecule is CCC(=O)c1c(-c2ccc(S(N)(=O)=O)cc2)c(C)c(-c2ccc(Cl)cc2Cl)n1C. The van der Waals surface area contributed by atoms with Gasteiger partial charge >= 0.3 is 0 Å². The third-order valence-electron chi connectivity index (χ3n) is 4.88. The van der Waals surface area contributed by atoms with Crippen molar-refractivity contribution in [2.45, 2.75) is 25.2 Å². The lowest BCUT2D eigenvalue weighted by molar-refractivity contribution is 0.0981. The highest BCUT2D eigenvalue weighted by molar-refractivity contribution is 7.89. The summed E-state index contributed by atoms with van der Waals surface area (Å²) in [7, 11) is -1.98. The molecule has 0 saturated carbocycles. The maximum absolute atomic E-state index is 12.8. The van der Waals surface area contributed by atoms with Gasteiger partial charge in [0, 0.05) is 29.6 Å². The smallest absolute Gasteiger partial charge is 0.238 e. The van der Waals surface area contributed by atoms with Gasteiger partial charge in [0.1, 0.15) is 0 Å². The highest BCUT2D eigenvalue weighted by atomic mass is 35.5. The van der Waals surface area contributed by atoms with E-state index in [1.54, 1.807) is 31.2 Å². The molecule has 5 nitrogen and oxygen atoms in total. The van der Waals surface area contributed by atoms with Gasteiger partial charge in [0.05, 0.1) is 21.3 Å². The minimum absolute atomic E-state index is 0.0131. The summed E-state index contributed by atoms with van der Waals surface area (Å²) in [4.78, 5) is 12.8. The van der Waals surface area contributed by atoms with Crippen molar-refractivity contribution in [3.8, 4) is 22.4 Å². The standard InChI is InChI=1S/C21H20Cl2N2O3S/c1-4-18(26)21-19(13-5-8-15(9-6-13)29(24,27)28)12(2)20(25(21)3)16-10-7-14(22)11-17(16)23/h5-11H,4H2,1-3H3,(H2,24,27,28). The van der Waals surface area contributed by atoms with E-state index in [2.05, 4.69) is 0 Å². The van der Waals surface area contributed by atoms with Crippen LogP contribution < -0.4 is 5.14 Å². The van der Waals surface area contributed by atoms with E-state index in [1.165, 1.54) is 12.1 Å². The van der Waals surface area contributed by atoms with E-state index in [0.717, 1.165) is 27.9 Å². The number of hydrogen-bond donors (Lipinski definition) is 1. The fraction of sp³-hybridized carbons (Fsp3) is 0.190. The molecule has 29 heavy (non-hydrogen) atoms. The fourth-order valence-corrected chi connectivity index (χ4v) is 4.56. The van der Waals surface area contributed by atoms with Crippen LogP contribution in [0.25, 0.3) is 22.4 Å². The van der Waals surface area contributed by atoms with Crippen LogP contribution >= 0.6 is 23.2 Å². The van der Waals surface area contributed by atoms with Crippen LogP contribution in [0.3, 0.4) is 0 Å². The highest BCUT2D eigenvalue weighted by Gasteiger charge is 2.25. The Balaban J connectivity index is 2.31. The van der Waals surface area contributed by atoms with Crippen LogP contribution in [0.4, 0.5) is 0 Å². The average Bonchev–Trinajstić information content (AvgIpc) is 2.91. The Morgan fingerprint density at radius 2 is 1.72 bits per heavy atom. The summed E-state index contributed by atoms with van der Waals surface area (Å²) < 4.78 is 25.0. The summed E-state index contributed by atoms with van der Waals surface area (Å²) in [6.07, 6.45) is 0.327. The number of ketones is 1. The molecule has 0 saturated heterocycles. The molecule has 2 N–H and O–H groups in total. The summed E-state index contributed by atoms with van der Waals surface area (Å²) in [5.41, 5.74) is 4.41. The predicted molar refractivity (Wildman–Crippen MR) is 117 cm³/mol. The normalized spacial score (nSPS) is 11.7. The molecule has 0 amide bonds. The molecule has 2 aromatic carbocycles. The molecular weight excluding hydrogens is 431 g/mol. The van der Waals surface area contributed by atoms with E-state index >= 15 is 0 Å². The van der Waals surface area contributed by atoms with Gasteiger partial charge in [-0.3, -0.25) is 4.79 Å². The predicted octanol–water partition coefficient (Wildman–Crippen LogP) is 5.21. The summed E-state index contributed by atoms with van der Waals surface area (Å²) in [6, 6.07) is 11.4. The molecule has 0 fully saturated rings. The lowest BCUT2D eigenvalue weighted by Gasteiger charge is -2.10. The van der Waals surface area contributed by atoms with Crippen molar-refractivity contribution in [3.05, 3.63) is 63.8 Å². The Labute approximate surface area is 180 Å². The van der Waals surface area contributed by atoms with Crippen LogP contribution in [0.1, 0.15) is 29.4 Å². The number of benzene rings is 2. The zero-order valence-electron chi connectivity index (χ0n) is 16.2. The first-order valence-electron chi connectivity index (χ1n) is 8.87. The molecule has 152 valence electrons. The largest absolute Gasteiger partial charge is 0.340 e. The van der Waals surface area contributed by atoms with Gasteiger partial charge in [-0.25, -0.2) is 13.6 Å². The van der Waals surface area contributed by atoms with E-state index in [0.29, 0.717) is 22.2 Å². The van der Waals surface area contributed by atoms with E-state index in [4.69, 9.17) is 28.3 Å². The summed E-state index contributed by atoms with van der Waals surface area (Å²) in [5.74, 6) is -0.0301. The number of primary sulfonamides is 1. The Hall–Kier alpha value is -2.12. The van der Waals surface area contributed by atoms with Crippen molar-refractivity contribution in [1.82, 2.24) is 4.57 Å². The zero-order chi connectivity index (χ0) is 21.5. The summed E-state index contributed by atoms with van der Waals surface area (Å²) in [6.45, 7) is 3.71. The average molecular weight is 451 g/mol. The number of aromatic nitrogens is 1. The molecule has 0 atom stereocenters. The van der Waals surface area contributed by atoms with Crippen LogP contribution in [0.5, 0.6) is 0 Å². The fourth-order valence-electron chi connectivity index (χ4n) is 3.55. The molecule has 0 unspecified atom stereocenters. The molecule has 8 heteroatoms. The van der Waals surface area contributed by atoms with Crippen LogP contribution in [-0.2, 0) is 17.1 Å². The molecule has 0 aliphatic rings. The molecule has 0 radical (unpaired) electrons. The number of nitrogens with zero attached hydrogens (tertiary/aromatic N) is 1. The third-order valence-corrected chi connectivity index (χ3v) is 6.36. The van der Waals surface area contributed by atoms with Crippen LogP contribution in [0.2, 0.25) is 10.0 Å². The number of nitrogens with two attached hydrogens (primary N) is 1. The van der Waals surface area contributed by atoms with Crippen molar-refractivity contribution in [2.24, 2.45) is 12.2 Å². The van der Waals surface area contributed by atoms with E-state index in [9.17, 15) is 13.2 Å². The van der Waals surface area contributed by atoms with Crippen LogP contribution in [-0.4, -0.2) is 18.8 Å². The van der Waals surface area contributed by atoms with Crippen molar-refractivity contribution in [2.75, 3.05) is 0 Å². The van der Waals surface area contributed by atoms with Crippen molar-refractivity contribution >= 4 is 39.0 Å². The molecule has 0 bridgehead atoms. The second-order valence-electron chi connectivity index (χ2n) is 6.73. The van der Waals surface area contributed by atoms with Gasteiger partial charge in [-0.1, -0.05) is 42.3 Å². The topological polar surface area (TPSA) is 82.2 Å². The van der Waals surface area contributed by atoms with E-state index in [-0.39, 0.29) is 10.7 Å². The molecule has 3 rings (SSSR count). The number of sulfonamides is 1. The molecule has 0 spiro atoms. The van der Waals surface area contributed by atoms with Gasteiger partial charge < -0.3 is 4.57 Å². The lowest BCUT2D eigenvalue weighted by atomic mass is 9.97. The Kier molecular flexibility index (Phi) is 5.92.